The maximum absolute atomic E-state index is 4.82. The summed E-state index contributed by atoms with van der Waals surface area (Å²) in [6.07, 6.45) is 7.57. The summed E-state index contributed by atoms with van der Waals surface area (Å²) < 4.78 is 2.22. The van der Waals surface area contributed by atoms with Crippen LogP contribution in [0.15, 0.2) is 12.3 Å². The molecule has 0 aromatic carbocycles. The predicted octanol–water partition coefficient (Wildman–Crippen LogP) is 1.09. The third kappa shape index (κ3) is 3.00. The van der Waals surface area contributed by atoms with Crippen LogP contribution in [0, 0.1) is 0 Å². The van der Waals surface area contributed by atoms with E-state index in [1.165, 1.54) is 70.6 Å². The standard InChI is InChI=1S/C16H27N5/c1-2-4-15(3-1)21-6-5-14(18-21)13-19-7-9-20(10-8-19)16-11-17-12-16/h5-6,15-17H,1-4,7-13H2. The van der Waals surface area contributed by atoms with Gasteiger partial charge in [-0.3, -0.25) is 14.5 Å². The minimum atomic E-state index is 0.668. The molecule has 0 spiro atoms. The highest BCUT2D eigenvalue weighted by Gasteiger charge is 2.27. The molecule has 1 aliphatic carbocycles. The third-order valence-corrected chi connectivity index (χ3v) is 5.43. The van der Waals surface area contributed by atoms with Crippen molar-refractivity contribution < 1.29 is 0 Å². The summed E-state index contributed by atoms with van der Waals surface area (Å²) in [5.41, 5.74) is 1.25. The molecule has 2 saturated heterocycles. The minimum absolute atomic E-state index is 0.668. The van der Waals surface area contributed by atoms with E-state index in [2.05, 4.69) is 32.1 Å². The lowest BCUT2D eigenvalue weighted by Crippen LogP contribution is -2.61. The van der Waals surface area contributed by atoms with Crippen molar-refractivity contribution in [1.82, 2.24) is 24.9 Å². The Morgan fingerprint density at radius 3 is 2.48 bits per heavy atom. The molecule has 1 aromatic rings. The summed E-state index contributed by atoms with van der Waals surface area (Å²) in [5.74, 6) is 0. The average molecular weight is 289 g/mol. The molecule has 1 saturated carbocycles. The Hall–Kier alpha value is -0.910. The number of hydrogen-bond donors (Lipinski definition) is 1. The van der Waals surface area contributed by atoms with Gasteiger partial charge in [0, 0.05) is 58.1 Å². The van der Waals surface area contributed by atoms with E-state index < -0.39 is 0 Å². The second-order valence-electron chi connectivity index (χ2n) is 6.85. The number of piperazine rings is 1. The van der Waals surface area contributed by atoms with Crippen LogP contribution in [-0.2, 0) is 6.54 Å². The van der Waals surface area contributed by atoms with Crippen LogP contribution in [0.4, 0.5) is 0 Å². The lowest BCUT2D eigenvalue weighted by Gasteiger charge is -2.43. The normalized spacial score (nSPS) is 26.3. The summed E-state index contributed by atoms with van der Waals surface area (Å²) in [6, 6.07) is 3.69. The van der Waals surface area contributed by atoms with Crippen LogP contribution in [0.3, 0.4) is 0 Å². The molecule has 21 heavy (non-hydrogen) atoms. The third-order valence-electron chi connectivity index (χ3n) is 5.43. The lowest BCUT2D eigenvalue weighted by atomic mass is 10.1. The number of rotatable bonds is 4. The van der Waals surface area contributed by atoms with E-state index in [-0.39, 0.29) is 0 Å². The van der Waals surface area contributed by atoms with Gasteiger partial charge in [0.05, 0.1) is 11.7 Å². The molecule has 0 bridgehead atoms. The number of nitrogens with zero attached hydrogens (tertiary/aromatic N) is 4. The Kier molecular flexibility index (Phi) is 3.97. The van der Waals surface area contributed by atoms with Crippen LogP contribution in [0.25, 0.3) is 0 Å². The van der Waals surface area contributed by atoms with Gasteiger partial charge < -0.3 is 5.32 Å². The zero-order valence-corrected chi connectivity index (χ0v) is 12.9. The largest absolute Gasteiger partial charge is 0.314 e. The van der Waals surface area contributed by atoms with E-state index in [4.69, 9.17) is 5.10 Å². The second-order valence-corrected chi connectivity index (χ2v) is 6.85. The van der Waals surface area contributed by atoms with Gasteiger partial charge in [0.25, 0.3) is 0 Å². The predicted molar refractivity (Wildman–Crippen MR) is 83.2 cm³/mol. The molecular weight excluding hydrogens is 262 g/mol. The Balaban J connectivity index is 1.28. The number of nitrogens with one attached hydrogen (secondary N) is 1. The zero-order valence-electron chi connectivity index (χ0n) is 12.9. The smallest absolute Gasteiger partial charge is 0.0764 e. The highest BCUT2D eigenvalue weighted by molar-refractivity contribution is 5.01. The Bertz CT molecular complexity index is 453. The van der Waals surface area contributed by atoms with Crippen LogP contribution >= 0.6 is 0 Å². The van der Waals surface area contributed by atoms with Gasteiger partial charge in [-0.05, 0) is 18.9 Å². The topological polar surface area (TPSA) is 36.3 Å². The summed E-state index contributed by atoms with van der Waals surface area (Å²) in [6.45, 7) is 8.21. The quantitative estimate of drug-likeness (QED) is 0.900. The monoisotopic (exact) mass is 289 g/mol. The number of aromatic nitrogens is 2. The second kappa shape index (κ2) is 6.07. The molecule has 0 amide bonds. The van der Waals surface area contributed by atoms with Gasteiger partial charge in [0.1, 0.15) is 0 Å². The number of hydrogen-bond acceptors (Lipinski definition) is 4. The average Bonchev–Trinajstić information content (AvgIpc) is 3.09. The van der Waals surface area contributed by atoms with Crippen molar-refractivity contribution in [3.05, 3.63) is 18.0 Å². The maximum Gasteiger partial charge on any atom is 0.0764 e. The van der Waals surface area contributed by atoms with Crippen molar-refractivity contribution in [3.63, 3.8) is 0 Å². The van der Waals surface area contributed by atoms with Gasteiger partial charge in [-0.15, -0.1) is 0 Å². The van der Waals surface area contributed by atoms with Crippen LogP contribution < -0.4 is 5.32 Å². The van der Waals surface area contributed by atoms with Crippen molar-refractivity contribution >= 4 is 0 Å². The van der Waals surface area contributed by atoms with Crippen molar-refractivity contribution in [1.29, 1.82) is 0 Å². The highest BCUT2D eigenvalue weighted by atomic mass is 15.3. The zero-order chi connectivity index (χ0) is 14.1. The van der Waals surface area contributed by atoms with Crippen LogP contribution in [0.1, 0.15) is 37.4 Å². The summed E-state index contributed by atoms with van der Waals surface area (Å²) in [7, 11) is 0. The first-order valence-electron chi connectivity index (χ1n) is 8.60. The van der Waals surface area contributed by atoms with Crippen LogP contribution in [0.2, 0.25) is 0 Å². The molecule has 0 atom stereocenters. The summed E-state index contributed by atoms with van der Waals surface area (Å²) >= 11 is 0. The Morgan fingerprint density at radius 2 is 1.81 bits per heavy atom. The van der Waals surface area contributed by atoms with Crippen molar-refractivity contribution in [2.45, 2.75) is 44.3 Å². The van der Waals surface area contributed by atoms with E-state index in [9.17, 15) is 0 Å². The van der Waals surface area contributed by atoms with Crippen molar-refractivity contribution in [2.24, 2.45) is 0 Å². The first-order valence-corrected chi connectivity index (χ1v) is 8.60. The Morgan fingerprint density at radius 1 is 1.05 bits per heavy atom. The van der Waals surface area contributed by atoms with Crippen LogP contribution in [0.5, 0.6) is 0 Å². The van der Waals surface area contributed by atoms with E-state index in [0.29, 0.717) is 6.04 Å². The molecule has 116 valence electrons. The molecule has 2 aliphatic heterocycles. The first-order chi connectivity index (χ1) is 10.4. The van der Waals surface area contributed by atoms with Crippen molar-refractivity contribution in [2.75, 3.05) is 39.3 Å². The fourth-order valence-corrected chi connectivity index (χ4v) is 3.88. The molecule has 0 unspecified atom stereocenters. The van der Waals surface area contributed by atoms with Gasteiger partial charge in [-0.2, -0.15) is 5.10 Å². The molecule has 1 N–H and O–H groups in total. The van der Waals surface area contributed by atoms with Gasteiger partial charge in [0.15, 0.2) is 0 Å². The van der Waals surface area contributed by atoms with Gasteiger partial charge in [-0.1, -0.05) is 12.8 Å². The Labute approximate surface area is 127 Å². The van der Waals surface area contributed by atoms with E-state index >= 15 is 0 Å². The van der Waals surface area contributed by atoms with E-state index in [1.807, 2.05) is 0 Å². The van der Waals surface area contributed by atoms with Gasteiger partial charge in [0.2, 0.25) is 0 Å². The SMILES string of the molecule is c1cn(C2CCCC2)nc1CN1CCN(C2CNC2)CC1. The minimum Gasteiger partial charge on any atom is -0.314 e. The van der Waals surface area contributed by atoms with E-state index in [0.717, 1.165) is 12.6 Å². The summed E-state index contributed by atoms with van der Waals surface area (Å²) in [4.78, 5) is 5.20. The first kappa shape index (κ1) is 13.7. The molecule has 3 heterocycles. The maximum atomic E-state index is 4.82. The van der Waals surface area contributed by atoms with E-state index in [1.54, 1.807) is 0 Å². The molecule has 3 fully saturated rings. The molecule has 4 rings (SSSR count). The lowest BCUT2D eigenvalue weighted by molar-refractivity contribution is 0.0689. The van der Waals surface area contributed by atoms with Gasteiger partial charge in [-0.25, -0.2) is 0 Å². The molecule has 3 aliphatic rings. The van der Waals surface area contributed by atoms with Gasteiger partial charge >= 0.3 is 0 Å². The van der Waals surface area contributed by atoms with Crippen LogP contribution in [-0.4, -0.2) is 64.9 Å². The molecule has 1 aromatic heterocycles. The van der Waals surface area contributed by atoms with Crippen molar-refractivity contribution in [3.8, 4) is 0 Å². The molecular formula is C16H27N5. The summed E-state index contributed by atoms with van der Waals surface area (Å²) in [5, 5.41) is 8.19. The molecule has 5 nitrogen and oxygen atoms in total. The molecule has 5 heteroatoms. The molecule has 0 radical (unpaired) electrons. The fraction of sp³-hybridized carbons (Fsp3) is 0.812. The highest BCUT2D eigenvalue weighted by Crippen LogP contribution is 2.28. The fourth-order valence-electron chi connectivity index (χ4n) is 3.88.